The zero-order valence-corrected chi connectivity index (χ0v) is 17.7. The first-order valence-electron chi connectivity index (χ1n) is 9.81. The molecule has 3 rings (SSSR count). The van der Waals surface area contributed by atoms with E-state index in [0.29, 0.717) is 11.3 Å². The first kappa shape index (κ1) is 20.6. The molecule has 0 spiro atoms. The van der Waals surface area contributed by atoms with Gasteiger partial charge in [0.05, 0.1) is 32.9 Å². The summed E-state index contributed by atoms with van der Waals surface area (Å²) in [4.78, 5) is 0. The third-order valence-corrected chi connectivity index (χ3v) is 6.96. The van der Waals surface area contributed by atoms with Gasteiger partial charge < -0.3 is 5.73 Å². The molecular weight excluding hydrogens is 366 g/mol. The number of nitriles is 1. The lowest BCUT2D eigenvalue weighted by molar-refractivity contribution is 0.416. The standard InChI is InChI=1S/C23H29N3OS/c1-22(2,3)28(27)26-23(13-12-17-10-11-17,20-8-5-9-21(25)15-20)19-7-4-6-18(14-19)16-24/h4-9,14-15,17,26H,10-13,25H2,1-3H3/t23?,28-/m1/s1. The molecule has 0 radical (unpaired) electrons. The van der Waals surface area contributed by atoms with Crippen molar-refractivity contribution < 1.29 is 4.21 Å². The maximum absolute atomic E-state index is 13.2. The summed E-state index contributed by atoms with van der Waals surface area (Å²) in [5, 5.41) is 9.43. The second-order valence-electron chi connectivity index (χ2n) is 8.69. The van der Waals surface area contributed by atoms with Gasteiger partial charge >= 0.3 is 0 Å². The second kappa shape index (κ2) is 8.06. The number of nitrogens with one attached hydrogen (secondary N) is 1. The SMILES string of the molecule is CC(C)(C)[S@@](=O)NC(CCC1CC1)(c1cccc(N)c1)c1cccc(C#N)c1. The van der Waals surface area contributed by atoms with E-state index in [0.717, 1.165) is 29.9 Å². The van der Waals surface area contributed by atoms with E-state index in [2.05, 4.69) is 10.8 Å². The molecule has 148 valence electrons. The van der Waals surface area contributed by atoms with Crippen LogP contribution < -0.4 is 10.5 Å². The minimum Gasteiger partial charge on any atom is -0.399 e. The summed E-state index contributed by atoms with van der Waals surface area (Å²) in [6, 6.07) is 17.6. The molecule has 1 aliphatic rings. The predicted octanol–water partition coefficient (Wildman–Crippen LogP) is 4.63. The average Bonchev–Trinajstić information content (AvgIpc) is 3.48. The predicted molar refractivity (Wildman–Crippen MR) is 116 cm³/mol. The number of hydrogen-bond acceptors (Lipinski definition) is 3. The minimum atomic E-state index is -1.29. The van der Waals surface area contributed by atoms with E-state index >= 15 is 0 Å². The third-order valence-electron chi connectivity index (χ3n) is 5.31. The third kappa shape index (κ3) is 4.63. The van der Waals surface area contributed by atoms with E-state index in [9.17, 15) is 9.47 Å². The molecule has 1 aliphatic carbocycles. The van der Waals surface area contributed by atoms with Crippen LogP contribution in [0.3, 0.4) is 0 Å². The fourth-order valence-electron chi connectivity index (χ4n) is 3.42. The summed E-state index contributed by atoms with van der Waals surface area (Å²) in [7, 11) is -1.29. The number of hydrogen-bond donors (Lipinski definition) is 2. The zero-order chi connectivity index (χ0) is 20.4. The van der Waals surface area contributed by atoms with Gasteiger partial charge in [-0.3, -0.25) is 0 Å². The number of nitrogens with zero attached hydrogens (tertiary/aromatic N) is 1. The second-order valence-corrected chi connectivity index (χ2v) is 10.7. The Bertz CT molecular complexity index is 909. The van der Waals surface area contributed by atoms with Gasteiger partial charge in [0.2, 0.25) is 0 Å². The van der Waals surface area contributed by atoms with Crippen molar-refractivity contribution in [2.24, 2.45) is 5.92 Å². The number of nitrogen functional groups attached to an aromatic ring is 1. The fraction of sp³-hybridized carbons (Fsp3) is 0.435. The molecule has 0 bridgehead atoms. The van der Waals surface area contributed by atoms with Gasteiger partial charge in [-0.15, -0.1) is 0 Å². The molecule has 2 aromatic rings. The molecule has 2 aromatic carbocycles. The Morgan fingerprint density at radius 1 is 1.14 bits per heavy atom. The molecule has 0 aromatic heterocycles. The lowest BCUT2D eigenvalue weighted by Gasteiger charge is -2.38. The van der Waals surface area contributed by atoms with Crippen molar-refractivity contribution in [3.8, 4) is 6.07 Å². The van der Waals surface area contributed by atoms with Crippen LogP contribution in [0.15, 0.2) is 48.5 Å². The molecule has 1 fully saturated rings. The van der Waals surface area contributed by atoms with E-state index in [-0.39, 0.29) is 0 Å². The van der Waals surface area contributed by atoms with Crippen molar-refractivity contribution in [1.82, 2.24) is 4.72 Å². The molecule has 0 saturated heterocycles. The maximum atomic E-state index is 13.2. The highest BCUT2D eigenvalue weighted by Gasteiger charge is 2.40. The van der Waals surface area contributed by atoms with Crippen molar-refractivity contribution in [2.45, 2.75) is 56.7 Å². The van der Waals surface area contributed by atoms with Crippen LogP contribution in [0.2, 0.25) is 0 Å². The minimum absolute atomic E-state index is 0.419. The van der Waals surface area contributed by atoms with Crippen LogP contribution in [0.25, 0.3) is 0 Å². The number of nitrogens with two attached hydrogens (primary N) is 1. The van der Waals surface area contributed by atoms with E-state index in [4.69, 9.17) is 5.73 Å². The fourth-order valence-corrected chi connectivity index (χ4v) is 4.38. The van der Waals surface area contributed by atoms with Gasteiger partial charge in [-0.05, 0) is 74.9 Å². The highest BCUT2D eigenvalue weighted by atomic mass is 32.2. The van der Waals surface area contributed by atoms with Crippen molar-refractivity contribution in [1.29, 1.82) is 5.26 Å². The molecule has 28 heavy (non-hydrogen) atoms. The van der Waals surface area contributed by atoms with E-state index in [1.54, 1.807) is 6.07 Å². The molecule has 2 atom stereocenters. The Labute approximate surface area is 170 Å². The van der Waals surface area contributed by atoms with Gasteiger partial charge in [0.15, 0.2) is 0 Å². The van der Waals surface area contributed by atoms with Gasteiger partial charge in [-0.25, -0.2) is 8.93 Å². The van der Waals surface area contributed by atoms with E-state index in [1.165, 1.54) is 12.8 Å². The summed E-state index contributed by atoms with van der Waals surface area (Å²) in [5.74, 6) is 0.726. The molecule has 0 heterocycles. The van der Waals surface area contributed by atoms with Gasteiger partial charge in [0.25, 0.3) is 0 Å². The Morgan fingerprint density at radius 2 is 1.79 bits per heavy atom. The zero-order valence-electron chi connectivity index (χ0n) is 16.9. The Morgan fingerprint density at radius 3 is 2.36 bits per heavy atom. The molecule has 1 saturated carbocycles. The number of rotatable bonds is 7. The van der Waals surface area contributed by atoms with Crippen LogP contribution in [-0.4, -0.2) is 8.96 Å². The Kier molecular flexibility index (Phi) is 5.92. The van der Waals surface area contributed by atoms with E-state index in [1.807, 2.05) is 63.2 Å². The van der Waals surface area contributed by atoms with Crippen LogP contribution in [-0.2, 0) is 16.5 Å². The maximum Gasteiger partial charge on any atom is 0.0991 e. The average molecular weight is 396 g/mol. The Balaban J connectivity index is 2.17. The van der Waals surface area contributed by atoms with Gasteiger partial charge in [0.1, 0.15) is 0 Å². The van der Waals surface area contributed by atoms with Gasteiger partial charge in [-0.2, -0.15) is 5.26 Å². The molecule has 3 N–H and O–H groups in total. The molecule has 5 heteroatoms. The number of benzene rings is 2. The van der Waals surface area contributed by atoms with Crippen LogP contribution in [0.1, 0.15) is 63.1 Å². The first-order valence-corrected chi connectivity index (χ1v) is 11.0. The van der Waals surface area contributed by atoms with Crippen LogP contribution in [0.4, 0.5) is 5.69 Å². The van der Waals surface area contributed by atoms with Crippen LogP contribution in [0, 0.1) is 17.2 Å². The summed E-state index contributed by atoms with van der Waals surface area (Å²) >= 11 is 0. The van der Waals surface area contributed by atoms with Crippen LogP contribution >= 0.6 is 0 Å². The lowest BCUT2D eigenvalue weighted by atomic mass is 9.79. The van der Waals surface area contributed by atoms with Crippen molar-refractivity contribution in [3.63, 3.8) is 0 Å². The van der Waals surface area contributed by atoms with Crippen LogP contribution in [0.5, 0.6) is 0 Å². The summed E-state index contributed by atoms with van der Waals surface area (Å²) < 4.78 is 16.3. The van der Waals surface area contributed by atoms with Gasteiger partial charge in [0, 0.05) is 5.69 Å². The monoisotopic (exact) mass is 395 g/mol. The van der Waals surface area contributed by atoms with E-state index < -0.39 is 21.3 Å². The summed E-state index contributed by atoms with van der Waals surface area (Å²) in [6.45, 7) is 5.90. The molecule has 4 nitrogen and oxygen atoms in total. The summed E-state index contributed by atoms with van der Waals surface area (Å²) in [5.41, 5.74) is 8.67. The topological polar surface area (TPSA) is 78.9 Å². The largest absolute Gasteiger partial charge is 0.399 e. The smallest absolute Gasteiger partial charge is 0.0991 e. The quantitative estimate of drug-likeness (QED) is 0.671. The lowest BCUT2D eigenvalue weighted by Crippen LogP contribution is -2.49. The first-order chi connectivity index (χ1) is 13.2. The van der Waals surface area contributed by atoms with Crippen molar-refractivity contribution in [3.05, 3.63) is 65.2 Å². The van der Waals surface area contributed by atoms with Crippen molar-refractivity contribution >= 4 is 16.7 Å². The highest BCUT2D eigenvalue weighted by molar-refractivity contribution is 7.84. The molecule has 1 unspecified atom stereocenters. The summed E-state index contributed by atoms with van der Waals surface area (Å²) in [6.07, 6.45) is 4.36. The molecule has 0 aliphatic heterocycles. The molecule has 0 amide bonds. The molecular formula is C23H29N3OS. The highest BCUT2D eigenvalue weighted by Crippen LogP contribution is 2.42. The Hall–Kier alpha value is -2.16. The van der Waals surface area contributed by atoms with Crippen molar-refractivity contribution in [2.75, 3.05) is 5.73 Å². The van der Waals surface area contributed by atoms with Gasteiger partial charge in [-0.1, -0.05) is 37.1 Å². The number of anilines is 1. The normalized spacial score (nSPS) is 17.5.